The number of benzene rings is 1. The number of rotatable bonds is 3. The lowest BCUT2D eigenvalue weighted by Gasteiger charge is -2.03. The van der Waals surface area contributed by atoms with Gasteiger partial charge in [0.25, 0.3) is 0 Å². The number of nitrogen functional groups attached to an aromatic ring is 1. The van der Waals surface area contributed by atoms with Crippen LogP contribution in [0.25, 0.3) is 10.8 Å². The number of hydrogen-bond donors (Lipinski definition) is 4. The van der Waals surface area contributed by atoms with E-state index in [-0.39, 0.29) is 11.7 Å². The molecule has 0 aliphatic rings. The highest BCUT2D eigenvalue weighted by atomic mass is 16.5. The molecule has 3 aromatic rings. The van der Waals surface area contributed by atoms with Crippen LogP contribution in [0.1, 0.15) is 5.56 Å². The van der Waals surface area contributed by atoms with E-state index in [4.69, 9.17) is 16.4 Å². The number of aromatic nitrogens is 2. The smallest absolute Gasteiger partial charge is 0.174 e. The van der Waals surface area contributed by atoms with Gasteiger partial charge in [0, 0.05) is 28.7 Å². The minimum atomic E-state index is -0.150. The Labute approximate surface area is 131 Å². The molecule has 3 rings (SSSR count). The fourth-order valence-electron chi connectivity index (χ4n) is 2.03. The molecule has 5 N–H and O–H groups in total. The summed E-state index contributed by atoms with van der Waals surface area (Å²) in [7, 11) is 0. The van der Waals surface area contributed by atoms with E-state index < -0.39 is 0 Å². The van der Waals surface area contributed by atoms with Crippen molar-refractivity contribution < 1.29 is 5.21 Å². The summed E-state index contributed by atoms with van der Waals surface area (Å²) in [4.78, 5) is 8.17. The van der Waals surface area contributed by atoms with Crippen LogP contribution in [0.3, 0.4) is 0 Å². The summed E-state index contributed by atoms with van der Waals surface area (Å²) in [6, 6.07) is 10.8. The van der Waals surface area contributed by atoms with Crippen LogP contribution in [0.4, 0.5) is 17.3 Å². The standard InChI is InChI=1S/C15H13N7O/c16-14(22-23)10-5-6-12(18-8-10)20-21-13-11-4-2-1-3-9(11)7-19-15(13)17/h1-8,23H,(H2,16,22)(H2,17,19)/b21-20+. The highest BCUT2D eigenvalue weighted by molar-refractivity contribution is 5.96. The Balaban J connectivity index is 1.94. The number of hydroxylamine groups is 1. The number of fused-ring (bicyclic) bond motifs is 1. The number of amidine groups is 1. The van der Waals surface area contributed by atoms with Crippen LogP contribution in [-0.2, 0) is 0 Å². The quantitative estimate of drug-likeness (QED) is 0.255. The van der Waals surface area contributed by atoms with Gasteiger partial charge in [-0.3, -0.25) is 16.1 Å². The fraction of sp³-hybridized carbons (Fsp3) is 0. The molecule has 8 heteroatoms. The normalized spacial score (nSPS) is 11.0. The van der Waals surface area contributed by atoms with Crippen molar-refractivity contribution in [3.05, 3.63) is 54.4 Å². The zero-order chi connectivity index (χ0) is 16.2. The van der Waals surface area contributed by atoms with E-state index >= 15 is 0 Å². The third kappa shape index (κ3) is 2.97. The molecule has 114 valence electrons. The van der Waals surface area contributed by atoms with Crippen molar-refractivity contribution in [1.29, 1.82) is 5.41 Å². The molecule has 0 radical (unpaired) electrons. The molecule has 23 heavy (non-hydrogen) atoms. The van der Waals surface area contributed by atoms with Crippen LogP contribution in [0.2, 0.25) is 0 Å². The van der Waals surface area contributed by atoms with Gasteiger partial charge in [0.05, 0.1) is 0 Å². The van der Waals surface area contributed by atoms with Crippen molar-refractivity contribution in [2.45, 2.75) is 0 Å². The Kier molecular flexibility index (Phi) is 3.89. The van der Waals surface area contributed by atoms with Gasteiger partial charge in [-0.15, -0.1) is 10.2 Å². The molecule has 0 saturated carbocycles. The molecule has 0 aliphatic carbocycles. The predicted molar refractivity (Wildman–Crippen MR) is 86.3 cm³/mol. The van der Waals surface area contributed by atoms with E-state index in [0.717, 1.165) is 10.8 Å². The number of anilines is 1. The number of nitrogens with zero attached hydrogens (tertiary/aromatic N) is 4. The lowest BCUT2D eigenvalue weighted by molar-refractivity contribution is 0.234. The van der Waals surface area contributed by atoms with Crippen molar-refractivity contribution in [3.8, 4) is 0 Å². The van der Waals surface area contributed by atoms with Crippen LogP contribution in [-0.4, -0.2) is 21.0 Å². The molecule has 0 spiro atoms. The van der Waals surface area contributed by atoms with Gasteiger partial charge < -0.3 is 5.73 Å². The van der Waals surface area contributed by atoms with E-state index in [1.165, 1.54) is 6.20 Å². The molecule has 0 fully saturated rings. The first-order valence-electron chi connectivity index (χ1n) is 6.69. The lowest BCUT2D eigenvalue weighted by Crippen LogP contribution is -2.18. The van der Waals surface area contributed by atoms with Gasteiger partial charge in [-0.2, -0.15) is 0 Å². The van der Waals surface area contributed by atoms with E-state index in [9.17, 15) is 0 Å². The van der Waals surface area contributed by atoms with Crippen molar-refractivity contribution >= 4 is 33.9 Å². The number of hydrogen-bond acceptors (Lipinski definition) is 7. The molecule has 1 aromatic carbocycles. The second-order valence-corrected chi connectivity index (χ2v) is 4.67. The second-order valence-electron chi connectivity index (χ2n) is 4.67. The van der Waals surface area contributed by atoms with Gasteiger partial charge in [-0.25, -0.2) is 9.97 Å². The first-order chi connectivity index (χ1) is 11.2. The molecular formula is C15H13N7O. The number of nitrogens with two attached hydrogens (primary N) is 1. The monoisotopic (exact) mass is 307 g/mol. The number of azo groups is 1. The maximum atomic E-state index is 8.68. The zero-order valence-corrected chi connectivity index (χ0v) is 11.9. The average Bonchev–Trinajstić information content (AvgIpc) is 2.60. The lowest BCUT2D eigenvalue weighted by atomic mass is 10.1. The first kappa shape index (κ1) is 14.5. The van der Waals surface area contributed by atoms with Crippen LogP contribution >= 0.6 is 0 Å². The maximum absolute atomic E-state index is 8.68. The molecule has 0 atom stereocenters. The van der Waals surface area contributed by atoms with E-state index in [1.807, 2.05) is 24.3 Å². The molecule has 0 bridgehead atoms. The Morgan fingerprint density at radius 3 is 2.65 bits per heavy atom. The Bertz CT molecular complexity index is 890. The van der Waals surface area contributed by atoms with Gasteiger partial charge in [0.1, 0.15) is 5.69 Å². The summed E-state index contributed by atoms with van der Waals surface area (Å²) in [6.45, 7) is 0. The molecule has 0 saturated heterocycles. The molecule has 2 heterocycles. The molecule has 0 aliphatic heterocycles. The van der Waals surface area contributed by atoms with E-state index in [1.54, 1.807) is 23.8 Å². The Hall–Kier alpha value is -3.39. The highest BCUT2D eigenvalue weighted by Crippen LogP contribution is 2.31. The third-order valence-corrected chi connectivity index (χ3v) is 3.20. The van der Waals surface area contributed by atoms with E-state index in [2.05, 4.69) is 20.2 Å². The SMILES string of the molecule is N=C(NO)c1ccc(/N=N/c2c(N)ncc3ccccc23)nc1. The fourth-order valence-corrected chi connectivity index (χ4v) is 2.03. The Morgan fingerprint density at radius 2 is 1.91 bits per heavy atom. The molecular weight excluding hydrogens is 294 g/mol. The van der Waals surface area contributed by atoms with Gasteiger partial charge in [0.2, 0.25) is 0 Å². The topological polar surface area (TPSA) is 133 Å². The van der Waals surface area contributed by atoms with Crippen LogP contribution in [0, 0.1) is 5.41 Å². The molecule has 0 amide bonds. The summed E-state index contributed by atoms with van der Waals surface area (Å²) >= 11 is 0. The summed E-state index contributed by atoms with van der Waals surface area (Å²) < 4.78 is 0. The second kappa shape index (κ2) is 6.16. The highest BCUT2D eigenvalue weighted by Gasteiger charge is 2.06. The van der Waals surface area contributed by atoms with Crippen molar-refractivity contribution in [1.82, 2.24) is 15.4 Å². The van der Waals surface area contributed by atoms with Gasteiger partial charge >= 0.3 is 0 Å². The number of nitrogens with one attached hydrogen (secondary N) is 2. The largest absolute Gasteiger partial charge is 0.382 e. The average molecular weight is 307 g/mol. The van der Waals surface area contributed by atoms with Crippen molar-refractivity contribution in [2.75, 3.05) is 5.73 Å². The molecule has 8 nitrogen and oxygen atoms in total. The minimum Gasteiger partial charge on any atom is -0.382 e. The van der Waals surface area contributed by atoms with Crippen molar-refractivity contribution in [2.24, 2.45) is 10.2 Å². The van der Waals surface area contributed by atoms with Crippen LogP contribution in [0.5, 0.6) is 0 Å². The summed E-state index contributed by atoms with van der Waals surface area (Å²) in [5.74, 6) is 0.491. The van der Waals surface area contributed by atoms with Gasteiger partial charge in [-0.1, -0.05) is 24.3 Å². The summed E-state index contributed by atoms with van der Waals surface area (Å²) in [6.07, 6.45) is 3.09. The summed E-state index contributed by atoms with van der Waals surface area (Å²) in [5.41, 5.74) is 8.55. The molecule has 2 aromatic heterocycles. The third-order valence-electron chi connectivity index (χ3n) is 3.20. The zero-order valence-electron chi connectivity index (χ0n) is 11.9. The Morgan fingerprint density at radius 1 is 1.09 bits per heavy atom. The number of pyridine rings is 2. The minimum absolute atomic E-state index is 0.150. The van der Waals surface area contributed by atoms with Crippen LogP contribution in [0.15, 0.2) is 59.0 Å². The van der Waals surface area contributed by atoms with Gasteiger partial charge in [0.15, 0.2) is 17.5 Å². The summed E-state index contributed by atoms with van der Waals surface area (Å²) in [5, 5.41) is 26.1. The van der Waals surface area contributed by atoms with Crippen LogP contribution < -0.4 is 11.2 Å². The van der Waals surface area contributed by atoms with E-state index in [0.29, 0.717) is 17.1 Å². The maximum Gasteiger partial charge on any atom is 0.174 e. The first-order valence-corrected chi connectivity index (χ1v) is 6.69. The molecule has 0 unspecified atom stereocenters. The van der Waals surface area contributed by atoms with Gasteiger partial charge in [-0.05, 0) is 12.1 Å². The van der Waals surface area contributed by atoms with Crippen molar-refractivity contribution in [3.63, 3.8) is 0 Å². The predicted octanol–water partition coefficient (Wildman–Crippen LogP) is 2.93.